The molecule has 2 amide bonds. The number of furan rings is 1. The van der Waals surface area contributed by atoms with Crippen LogP contribution in [0.15, 0.2) is 41.0 Å². The van der Waals surface area contributed by atoms with E-state index in [0.29, 0.717) is 17.0 Å². The number of amides is 2. The van der Waals surface area contributed by atoms with Crippen molar-refractivity contribution in [3.8, 4) is 0 Å². The summed E-state index contributed by atoms with van der Waals surface area (Å²) in [5.41, 5.74) is 1.22. The summed E-state index contributed by atoms with van der Waals surface area (Å²) in [7, 11) is 0. The smallest absolute Gasteiger partial charge is 0.336 e. The van der Waals surface area contributed by atoms with E-state index in [2.05, 4.69) is 10.6 Å². The van der Waals surface area contributed by atoms with E-state index in [9.17, 15) is 9.59 Å². The number of rotatable bonds is 4. The number of aryl methyl sites for hydroxylation is 1. The van der Waals surface area contributed by atoms with Gasteiger partial charge in [0.1, 0.15) is 5.76 Å². The Labute approximate surface area is 115 Å². The van der Waals surface area contributed by atoms with Gasteiger partial charge in [-0.05, 0) is 36.8 Å². The quantitative estimate of drug-likeness (QED) is 0.799. The highest BCUT2D eigenvalue weighted by atomic mass is 16.4. The molecule has 1 heterocycles. The number of carboxylic acids is 1. The average molecular weight is 274 g/mol. The Morgan fingerprint density at radius 1 is 1.30 bits per heavy atom. The molecule has 0 bridgehead atoms. The summed E-state index contributed by atoms with van der Waals surface area (Å²) in [5, 5.41) is 14.2. The van der Waals surface area contributed by atoms with Crippen LogP contribution in [0.1, 0.15) is 21.7 Å². The highest BCUT2D eigenvalue weighted by Gasteiger charge is 2.09. The second-order valence-electron chi connectivity index (χ2n) is 4.22. The minimum Gasteiger partial charge on any atom is -0.478 e. The highest BCUT2D eigenvalue weighted by molar-refractivity contribution is 5.94. The van der Waals surface area contributed by atoms with Crippen molar-refractivity contribution >= 4 is 17.7 Å². The third kappa shape index (κ3) is 3.38. The van der Waals surface area contributed by atoms with Crippen molar-refractivity contribution < 1.29 is 19.1 Å². The van der Waals surface area contributed by atoms with Gasteiger partial charge in [0, 0.05) is 5.69 Å². The molecule has 0 saturated heterocycles. The van der Waals surface area contributed by atoms with Crippen molar-refractivity contribution in [2.24, 2.45) is 0 Å². The fourth-order valence-electron chi connectivity index (χ4n) is 1.69. The monoisotopic (exact) mass is 274 g/mol. The minimum absolute atomic E-state index is 0.161. The van der Waals surface area contributed by atoms with Crippen molar-refractivity contribution in [2.75, 3.05) is 5.32 Å². The molecule has 0 aliphatic heterocycles. The maximum Gasteiger partial charge on any atom is 0.336 e. The van der Waals surface area contributed by atoms with Crippen molar-refractivity contribution in [3.05, 3.63) is 53.5 Å². The lowest BCUT2D eigenvalue weighted by Crippen LogP contribution is -2.28. The van der Waals surface area contributed by atoms with Crippen molar-refractivity contribution in [1.82, 2.24) is 5.32 Å². The number of urea groups is 1. The van der Waals surface area contributed by atoms with Gasteiger partial charge in [-0.3, -0.25) is 0 Å². The van der Waals surface area contributed by atoms with Gasteiger partial charge >= 0.3 is 12.0 Å². The number of hydrogen-bond donors (Lipinski definition) is 3. The Kier molecular flexibility index (Phi) is 4.05. The van der Waals surface area contributed by atoms with Gasteiger partial charge in [-0.25, -0.2) is 9.59 Å². The normalized spacial score (nSPS) is 10.1. The SMILES string of the molecule is Cc1ccc(NC(=O)NCc2ccco2)cc1C(=O)O. The van der Waals surface area contributed by atoms with Gasteiger partial charge in [-0.2, -0.15) is 0 Å². The Bertz CT molecular complexity index is 620. The molecule has 6 heteroatoms. The molecule has 0 radical (unpaired) electrons. The van der Waals surface area contributed by atoms with Crippen LogP contribution in [0.3, 0.4) is 0 Å². The molecule has 0 saturated carbocycles. The van der Waals surface area contributed by atoms with E-state index >= 15 is 0 Å². The number of aromatic carboxylic acids is 1. The maximum absolute atomic E-state index is 11.7. The molecule has 2 aromatic rings. The first-order valence-electron chi connectivity index (χ1n) is 5.97. The number of carbonyl (C=O) groups is 2. The third-order valence-electron chi connectivity index (χ3n) is 2.73. The van der Waals surface area contributed by atoms with E-state index in [1.165, 1.54) is 12.3 Å². The number of carboxylic acid groups (broad SMARTS) is 1. The lowest BCUT2D eigenvalue weighted by molar-refractivity contribution is 0.0696. The van der Waals surface area contributed by atoms with E-state index in [4.69, 9.17) is 9.52 Å². The predicted molar refractivity (Wildman–Crippen MR) is 72.7 cm³/mol. The van der Waals surface area contributed by atoms with Crippen LogP contribution in [0, 0.1) is 6.92 Å². The molecule has 2 rings (SSSR count). The number of anilines is 1. The second-order valence-corrected chi connectivity index (χ2v) is 4.22. The Morgan fingerprint density at radius 3 is 2.75 bits per heavy atom. The Morgan fingerprint density at radius 2 is 2.10 bits per heavy atom. The second kappa shape index (κ2) is 5.92. The summed E-state index contributed by atoms with van der Waals surface area (Å²) < 4.78 is 5.08. The summed E-state index contributed by atoms with van der Waals surface area (Å²) in [4.78, 5) is 22.7. The molecule has 0 aliphatic rings. The van der Waals surface area contributed by atoms with Gasteiger partial charge in [0.2, 0.25) is 0 Å². The van der Waals surface area contributed by atoms with Gasteiger partial charge in [-0.15, -0.1) is 0 Å². The lowest BCUT2D eigenvalue weighted by atomic mass is 10.1. The molecule has 1 aromatic carbocycles. The highest BCUT2D eigenvalue weighted by Crippen LogP contribution is 2.15. The van der Waals surface area contributed by atoms with Gasteiger partial charge < -0.3 is 20.2 Å². The van der Waals surface area contributed by atoms with Crippen LogP contribution < -0.4 is 10.6 Å². The summed E-state index contributed by atoms with van der Waals surface area (Å²) >= 11 is 0. The van der Waals surface area contributed by atoms with E-state index in [-0.39, 0.29) is 12.1 Å². The van der Waals surface area contributed by atoms with Crippen LogP contribution >= 0.6 is 0 Å². The molecule has 0 atom stereocenters. The summed E-state index contributed by atoms with van der Waals surface area (Å²) in [5.74, 6) is -0.391. The van der Waals surface area contributed by atoms with Crippen LogP contribution in [-0.4, -0.2) is 17.1 Å². The molecular formula is C14H14N2O4. The molecule has 1 aromatic heterocycles. The number of nitrogens with one attached hydrogen (secondary N) is 2. The Hall–Kier alpha value is -2.76. The van der Waals surface area contributed by atoms with Crippen LogP contribution in [-0.2, 0) is 6.54 Å². The molecule has 0 aliphatic carbocycles. The van der Waals surface area contributed by atoms with Crippen LogP contribution in [0.4, 0.5) is 10.5 Å². The van der Waals surface area contributed by atoms with E-state index in [1.807, 2.05) is 0 Å². The first kappa shape index (κ1) is 13.7. The van der Waals surface area contributed by atoms with Crippen molar-refractivity contribution in [3.63, 3.8) is 0 Å². The maximum atomic E-state index is 11.7. The molecule has 0 fully saturated rings. The summed E-state index contributed by atoms with van der Waals surface area (Å²) in [6.07, 6.45) is 1.52. The largest absolute Gasteiger partial charge is 0.478 e. The summed E-state index contributed by atoms with van der Waals surface area (Å²) in [6.45, 7) is 1.96. The summed E-state index contributed by atoms with van der Waals surface area (Å²) in [6, 6.07) is 7.76. The zero-order chi connectivity index (χ0) is 14.5. The number of hydrogen-bond acceptors (Lipinski definition) is 3. The predicted octanol–water partition coefficient (Wildman–Crippen LogP) is 2.61. The third-order valence-corrected chi connectivity index (χ3v) is 2.73. The Balaban J connectivity index is 1.97. The molecule has 0 spiro atoms. The van der Waals surface area contributed by atoms with Gasteiger partial charge in [0.25, 0.3) is 0 Å². The minimum atomic E-state index is -1.03. The molecular weight excluding hydrogens is 260 g/mol. The first-order valence-corrected chi connectivity index (χ1v) is 5.97. The van der Waals surface area contributed by atoms with Gasteiger partial charge in [0.05, 0.1) is 18.4 Å². The zero-order valence-corrected chi connectivity index (χ0v) is 10.8. The standard InChI is InChI=1S/C14H14N2O4/c1-9-4-5-10(7-12(9)13(17)18)16-14(19)15-8-11-3-2-6-20-11/h2-7H,8H2,1H3,(H,17,18)(H2,15,16,19). The topological polar surface area (TPSA) is 91.6 Å². The van der Waals surface area contributed by atoms with Crippen molar-refractivity contribution in [1.29, 1.82) is 0 Å². The first-order chi connectivity index (χ1) is 9.56. The molecule has 0 unspecified atom stereocenters. The zero-order valence-electron chi connectivity index (χ0n) is 10.8. The van der Waals surface area contributed by atoms with E-state index in [1.54, 1.807) is 31.2 Å². The van der Waals surface area contributed by atoms with Crippen molar-refractivity contribution in [2.45, 2.75) is 13.5 Å². The van der Waals surface area contributed by atoms with E-state index in [0.717, 1.165) is 0 Å². The molecule has 104 valence electrons. The lowest BCUT2D eigenvalue weighted by Gasteiger charge is -2.08. The molecule has 3 N–H and O–H groups in total. The molecule has 20 heavy (non-hydrogen) atoms. The van der Waals surface area contributed by atoms with E-state index < -0.39 is 12.0 Å². The van der Waals surface area contributed by atoms with Crippen LogP contribution in [0.25, 0.3) is 0 Å². The van der Waals surface area contributed by atoms with Crippen LogP contribution in [0.5, 0.6) is 0 Å². The number of benzene rings is 1. The fourth-order valence-corrected chi connectivity index (χ4v) is 1.69. The molecule has 6 nitrogen and oxygen atoms in total. The van der Waals surface area contributed by atoms with Crippen LogP contribution in [0.2, 0.25) is 0 Å². The fraction of sp³-hybridized carbons (Fsp3) is 0.143. The average Bonchev–Trinajstić information content (AvgIpc) is 2.91. The van der Waals surface area contributed by atoms with Gasteiger partial charge in [0.15, 0.2) is 0 Å². The number of carbonyl (C=O) groups excluding carboxylic acids is 1. The van der Waals surface area contributed by atoms with Gasteiger partial charge in [-0.1, -0.05) is 6.07 Å².